The summed E-state index contributed by atoms with van der Waals surface area (Å²) in [5.74, 6) is 0. The van der Waals surface area contributed by atoms with E-state index in [1.165, 1.54) is 116 Å². The Morgan fingerprint density at radius 2 is 1.04 bits per heavy atom. The molecule has 0 aliphatic rings. The van der Waals surface area contributed by atoms with Crippen LogP contribution in [0.4, 0.5) is 0 Å². The number of aromatic nitrogens is 1. The first-order valence-corrected chi connectivity index (χ1v) is 12.3. The lowest BCUT2D eigenvalue weighted by atomic mass is 10.0. The van der Waals surface area contributed by atoms with Crippen molar-refractivity contribution < 1.29 is 0 Å². The van der Waals surface area contributed by atoms with Gasteiger partial charge in [0.05, 0.1) is 10.7 Å². The molecule has 0 radical (unpaired) electrons. The highest BCUT2D eigenvalue weighted by Crippen LogP contribution is 2.17. The fourth-order valence-corrected chi connectivity index (χ4v) is 4.01. The number of pyridine rings is 1. The molecule has 1 aromatic rings. The van der Waals surface area contributed by atoms with E-state index in [1.54, 1.807) is 0 Å². The minimum absolute atomic E-state index is 0.824. The van der Waals surface area contributed by atoms with Crippen LogP contribution in [0.15, 0.2) is 18.3 Å². The van der Waals surface area contributed by atoms with Crippen molar-refractivity contribution >= 4 is 11.6 Å². The molecule has 156 valence electrons. The van der Waals surface area contributed by atoms with Gasteiger partial charge in [-0.1, -0.05) is 128 Å². The first-order chi connectivity index (χ1) is 13.3. The zero-order valence-corrected chi connectivity index (χ0v) is 18.7. The Balaban J connectivity index is 1.73. The van der Waals surface area contributed by atoms with Gasteiger partial charge in [0.15, 0.2) is 0 Å². The molecule has 0 aromatic carbocycles. The molecular weight excluding hydrogens is 350 g/mol. The summed E-state index contributed by atoms with van der Waals surface area (Å²) in [5, 5.41) is 0.824. The fraction of sp³-hybridized carbons (Fsp3) is 0.800. The van der Waals surface area contributed by atoms with Crippen LogP contribution < -0.4 is 0 Å². The average Bonchev–Trinajstić information content (AvgIpc) is 2.68. The summed E-state index contributed by atoms with van der Waals surface area (Å²) in [4.78, 5) is 4.36. The fourth-order valence-electron chi connectivity index (χ4n) is 3.80. The smallest absolute Gasteiger partial charge is 0.0621 e. The van der Waals surface area contributed by atoms with Gasteiger partial charge in [0.1, 0.15) is 0 Å². The summed E-state index contributed by atoms with van der Waals surface area (Å²) < 4.78 is 0. The summed E-state index contributed by atoms with van der Waals surface area (Å²) in [7, 11) is 0. The standard InChI is InChI=1S/C25H44ClN/c1-2-3-4-5-6-7-8-9-10-11-12-13-14-15-16-17-18-19-22-25-24(26)21-20-23-27-25/h20-21,23H,2-19,22H2,1H3. The highest BCUT2D eigenvalue weighted by atomic mass is 35.5. The van der Waals surface area contributed by atoms with Crippen LogP contribution in [0.3, 0.4) is 0 Å². The van der Waals surface area contributed by atoms with Crippen LogP contribution in [-0.4, -0.2) is 4.98 Å². The highest BCUT2D eigenvalue weighted by Gasteiger charge is 2.00. The molecule has 0 unspecified atom stereocenters. The minimum atomic E-state index is 0.824. The van der Waals surface area contributed by atoms with E-state index in [-0.39, 0.29) is 0 Å². The molecule has 0 saturated heterocycles. The summed E-state index contributed by atoms with van der Waals surface area (Å²) in [6, 6.07) is 3.85. The number of hydrogen-bond acceptors (Lipinski definition) is 1. The van der Waals surface area contributed by atoms with Gasteiger partial charge in [-0.2, -0.15) is 0 Å². The molecule has 1 aromatic heterocycles. The number of hydrogen-bond donors (Lipinski definition) is 0. The summed E-state index contributed by atoms with van der Waals surface area (Å²) >= 11 is 6.14. The quantitative estimate of drug-likeness (QED) is 0.213. The molecule has 0 saturated carbocycles. The lowest BCUT2D eigenvalue weighted by molar-refractivity contribution is 0.525. The molecule has 0 spiro atoms. The first-order valence-electron chi connectivity index (χ1n) is 11.9. The normalized spacial score (nSPS) is 11.2. The van der Waals surface area contributed by atoms with Crippen LogP contribution in [0.25, 0.3) is 0 Å². The number of halogens is 1. The van der Waals surface area contributed by atoms with Crippen molar-refractivity contribution in [2.75, 3.05) is 0 Å². The molecule has 1 heterocycles. The van der Waals surface area contributed by atoms with Crippen LogP contribution >= 0.6 is 11.6 Å². The molecular formula is C25H44ClN. The Morgan fingerprint density at radius 1 is 0.630 bits per heavy atom. The monoisotopic (exact) mass is 393 g/mol. The van der Waals surface area contributed by atoms with Gasteiger partial charge in [-0.25, -0.2) is 0 Å². The molecule has 0 atom stereocenters. The van der Waals surface area contributed by atoms with Gasteiger partial charge in [0, 0.05) is 6.20 Å². The Kier molecular flexibility index (Phi) is 17.0. The first kappa shape index (κ1) is 24.5. The lowest BCUT2D eigenvalue weighted by Crippen LogP contribution is -1.91. The maximum atomic E-state index is 6.14. The molecule has 0 aliphatic heterocycles. The molecule has 0 aliphatic carbocycles. The van der Waals surface area contributed by atoms with Gasteiger partial charge in [-0.3, -0.25) is 4.98 Å². The molecule has 0 amide bonds. The van der Waals surface area contributed by atoms with Crippen LogP contribution in [-0.2, 0) is 6.42 Å². The van der Waals surface area contributed by atoms with Gasteiger partial charge in [-0.05, 0) is 25.0 Å². The van der Waals surface area contributed by atoms with Gasteiger partial charge in [0.25, 0.3) is 0 Å². The predicted octanol–water partition coefficient (Wildman–Crippen LogP) is 9.32. The van der Waals surface area contributed by atoms with Crippen LogP contribution in [0, 0.1) is 0 Å². The van der Waals surface area contributed by atoms with E-state index in [0.717, 1.165) is 17.1 Å². The van der Waals surface area contributed by atoms with Crippen molar-refractivity contribution in [2.24, 2.45) is 0 Å². The number of aryl methyl sites for hydroxylation is 1. The zero-order chi connectivity index (χ0) is 19.4. The predicted molar refractivity (Wildman–Crippen MR) is 122 cm³/mol. The molecule has 0 bridgehead atoms. The molecule has 1 nitrogen and oxygen atoms in total. The third-order valence-electron chi connectivity index (χ3n) is 5.60. The van der Waals surface area contributed by atoms with Gasteiger partial charge >= 0.3 is 0 Å². The van der Waals surface area contributed by atoms with Crippen LogP contribution in [0.1, 0.15) is 128 Å². The molecule has 0 N–H and O–H groups in total. The summed E-state index contributed by atoms with van der Waals surface area (Å²) in [5.41, 5.74) is 1.07. The average molecular weight is 394 g/mol. The topological polar surface area (TPSA) is 12.9 Å². The van der Waals surface area contributed by atoms with Gasteiger partial charge in [0.2, 0.25) is 0 Å². The Hall–Kier alpha value is -0.560. The minimum Gasteiger partial charge on any atom is -0.260 e. The van der Waals surface area contributed by atoms with E-state index in [1.807, 2.05) is 18.3 Å². The second-order valence-electron chi connectivity index (χ2n) is 8.19. The summed E-state index contributed by atoms with van der Waals surface area (Å²) in [6.45, 7) is 2.29. The Labute approximate surface area is 174 Å². The second kappa shape index (κ2) is 18.8. The molecule has 27 heavy (non-hydrogen) atoms. The summed E-state index contributed by atoms with van der Waals surface area (Å²) in [6.07, 6.45) is 28.4. The molecule has 0 fully saturated rings. The second-order valence-corrected chi connectivity index (χ2v) is 8.60. The Morgan fingerprint density at radius 3 is 1.44 bits per heavy atom. The SMILES string of the molecule is CCCCCCCCCCCCCCCCCCCCc1ncccc1Cl. The number of unbranched alkanes of at least 4 members (excludes halogenated alkanes) is 17. The van der Waals surface area contributed by atoms with E-state index in [4.69, 9.17) is 11.6 Å². The van der Waals surface area contributed by atoms with E-state index < -0.39 is 0 Å². The van der Waals surface area contributed by atoms with E-state index in [0.29, 0.717) is 0 Å². The molecule has 1 rings (SSSR count). The van der Waals surface area contributed by atoms with Crippen LogP contribution in [0.2, 0.25) is 5.02 Å². The van der Waals surface area contributed by atoms with Crippen LogP contribution in [0.5, 0.6) is 0 Å². The maximum Gasteiger partial charge on any atom is 0.0621 e. The van der Waals surface area contributed by atoms with E-state index in [2.05, 4.69) is 11.9 Å². The third kappa shape index (κ3) is 15.1. The van der Waals surface area contributed by atoms with Gasteiger partial charge in [-0.15, -0.1) is 0 Å². The van der Waals surface area contributed by atoms with Gasteiger partial charge < -0.3 is 0 Å². The largest absolute Gasteiger partial charge is 0.260 e. The van der Waals surface area contributed by atoms with Crippen molar-refractivity contribution in [2.45, 2.75) is 129 Å². The van der Waals surface area contributed by atoms with Crippen molar-refractivity contribution in [1.29, 1.82) is 0 Å². The van der Waals surface area contributed by atoms with Crippen molar-refractivity contribution in [3.8, 4) is 0 Å². The third-order valence-corrected chi connectivity index (χ3v) is 5.95. The number of rotatable bonds is 19. The highest BCUT2D eigenvalue weighted by molar-refractivity contribution is 6.31. The molecule has 2 heteroatoms. The van der Waals surface area contributed by atoms with Crippen molar-refractivity contribution in [3.63, 3.8) is 0 Å². The van der Waals surface area contributed by atoms with Crippen molar-refractivity contribution in [3.05, 3.63) is 29.0 Å². The van der Waals surface area contributed by atoms with Crippen molar-refractivity contribution in [1.82, 2.24) is 4.98 Å². The van der Waals surface area contributed by atoms with E-state index >= 15 is 0 Å². The Bertz CT molecular complexity index is 432. The zero-order valence-electron chi connectivity index (χ0n) is 18.0. The number of nitrogens with zero attached hydrogens (tertiary/aromatic N) is 1. The maximum absolute atomic E-state index is 6.14. The van der Waals surface area contributed by atoms with E-state index in [9.17, 15) is 0 Å². The lowest BCUT2D eigenvalue weighted by Gasteiger charge is -2.04.